The van der Waals surface area contributed by atoms with E-state index in [9.17, 15) is 5.11 Å². The lowest BCUT2D eigenvalue weighted by molar-refractivity contribution is 0.265. The van der Waals surface area contributed by atoms with Gasteiger partial charge in [0.25, 0.3) is 0 Å². The molecule has 3 atom stereocenters. The minimum atomic E-state index is 0.0848. The fourth-order valence-electron chi connectivity index (χ4n) is 2.69. The summed E-state index contributed by atoms with van der Waals surface area (Å²) in [7, 11) is 0. The Morgan fingerprint density at radius 1 is 1.58 bits per heavy atom. The van der Waals surface area contributed by atoms with Crippen molar-refractivity contribution in [2.45, 2.75) is 29.4 Å². The van der Waals surface area contributed by atoms with Gasteiger partial charge in [0.1, 0.15) is 5.52 Å². The first-order valence-corrected chi connectivity index (χ1v) is 7.78. The number of anilines is 1. The van der Waals surface area contributed by atoms with Crippen molar-refractivity contribution in [1.82, 2.24) is 14.6 Å². The van der Waals surface area contributed by atoms with Crippen LogP contribution < -0.4 is 4.90 Å². The highest BCUT2D eigenvalue weighted by molar-refractivity contribution is 14.1. The summed E-state index contributed by atoms with van der Waals surface area (Å²) in [4.78, 5) is 6.55. The topological polar surface area (TPSA) is 53.7 Å². The van der Waals surface area contributed by atoms with Gasteiger partial charge in [0.05, 0.1) is 12.6 Å². The second-order valence-corrected chi connectivity index (χ2v) is 6.72. The molecule has 0 aliphatic carbocycles. The van der Waals surface area contributed by atoms with Gasteiger partial charge in [-0.05, 0) is 37.1 Å². The average molecular weight is 393 g/mol. The molecular formula is C12H14ClIN4O. The molecule has 0 amide bonds. The van der Waals surface area contributed by atoms with Gasteiger partial charge in [0, 0.05) is 16.2 Å². The highest BCUT2D eigenvalue weighted by Gasteiger charge is 2.38. The first kappa shape index (κ1) is 13.4. The molecule has 102 valence electrons. The van der Waals surface area contributed by atoms with E-state index in [4.69, 9.17) is 11.6 Å². The van der Waals surface area contributed by atoms with Gasteiger partial charge in [-0.15, -0.1) is 5.10 Å². The van der Waals surface area contributed by atoms with Crippen LogP contribution in [0.25, 0.3) is 5.52 Å². The van der Waals surface area contributed by atoms with Crippen molar-refractivity contribution in [3.05, 3.63) is 23.6 Å². The average Bonchev–Trinajstić information content (AvgIpc) is 2.94. The largest absolute Gasteiger partial charge is 0.394 e. The van der Waals surface area contributed by atoms with Crippen LogP contribution in [0.15, 0.2) is 18.3 Å². The summed E-state index contributed by atoms with van der Waals surface area (Å²) in [6.07, 6.45) is 2.80. The van der Waals surface area contributed by atoms with Crippen molar-refractivity contribution in [3.8, 4) is 0 Å². The molecule has 2 aromatic heterocycles. The quantitative estimate of drug-likeness (QED) is 0.628. The molecule has 0 saturated carbocycles. The van der Waals surface area contributed by atoms with Crippen molar-refractivity contribution in [2.24, 2.45) is 0 Å². The van der Waals surface area contributed by atoms with Crippen LogP contribution in [-0.2, 0) is 0 Å². The second-order valence-electron chi connectivity index (χ2n) is 4.78. The van der Waals surface area contributed by atoms with Gasteiger partial charge in [-0.25, -0.2) is 4.52 Å². The van der Waals surface area contributed by atoms with Crippen LogP contribution in [0.5, 0.6) is 0 Å². The third-order valence-electron chi connectivity index (χ3n) is 3.65. The Morgan fingerprint density at radius 3 is 3.11 bits per heavy atom. The molecule has 0 unspecified atom stereocenters. The molecule has 1 aliphatic rings. The summed E-state index contributed by atoms with van der Waals surface area (Å²) in [5, 5.41) is 14.0. The zero-order valence-corrected chi connectivity index (χ0v) is 13.3. The lowest BCUT2D eigenvalue weighted by atomic mass is 10.2. The van der Waals surface area contributed by atoms with E-state index in [1.807, 2.05) is 18.3 Å². The lowest BCUT2D eigenvalue weighted by Crippen LogP contribution is -2.38. The number of hydrogen-bond acceptors (Lipinski definition) is 4. The Labute approximate surface area is 129 Å². The molecule has 0 aromatic carbocycles. The monoisotopic (exact) mass is 392 g/mol. The molecule has 2 aromatic rings. The SMILES string of the molecule is C[C@@H]1[C@H](I)C[C@@H](CO)N1c1nc(Cl)nn2cccc12. The van der Waals surface area contributed by atoms with Gasteiger partial charge in [-0.3, -0.25) is 0 Å². The van der Waals surface area contributed by atoms with Crippen LogP contribution in [0.4, 0.5) is 5.82 Å². The van der Waals surface area contributed by atoms with Gasteiger partial charge in [0.2, 0.25) is 5.28 Å². The third kappa shape index (κ3) is 2.19. The van der Waals surface area contributed by atoms with Gasteiger partial charge in [-0.1, -0.05) is 22.6 Å². The molecule has 1 fully saturated rings. The zero-order valence-electron chi connectivity index (χ0n) is 10.4. The number of rotatable bonds is 2. The molecule has 19 heavy (non-hydrogen) atoms. The van der Waals surface area contributed by atoms with Crippen LogP contribution >= 0.6 is 34.2 Å². The maximum absolute atomic E-state index is 9.60. The maximum Gasteiger partial charge on any atom is 0.243 e. The number of aliphatic hydroxyl groups excluding tert-OH is 1. The summed E-state index contributed by atoms with van der Waals surface area (Å²) >= 11 is 8.43. The van der Waals surface area contributed by atoms with Gasteiger partial charge >= 0.3 is 0 Å². The Morgan fingerprint density at radius 2 is 2.37 bits per heavy atom. The molecule has 1 saturated heterocycles. The summed E-state index contributed by atoms with van der Waals surface area (Å²) < 4.78 is 2.21. The van der Waals surface area contributed by atoms with E-state index in [-0.39, 0.29) is 17.9 Å². The van der Waals surface area contributed by atoms with Crippen molar-refractivity contribution in [2.75, 3.05) is 11.5 Å². The smallest absolute Gasteiger partial charge is 0.243 e. The van der Waals surface area contributed by atoms with E-state index in [0.29, 0.717) is 9.97 Å². The molecule has 1 N–H and O–H groups in total. The van der Waals surface area contributed by atoms with E-state index in [0.717, 1.165) is 17.8 Å². The lowest BCUT2D eigenvalue weighted by Gasteiger charge is -2.29. The molecule has 0 spiro atoms. The van der Waals surface area contributed by atoms with Crippen molar-refractivity contribution in [1.29, 1.82) is 0 Å². The third-order valence-corrected chi connectivity index (χ3v) is 5.36. The minimum Gasteiger partial charge on any atom is -0.394 e. The molecule has 0 bridgehead atoms. The fraction of sp³-hybridized carbons (Fsp3) is 0.500. The zero-order chi connectivity index (χ0) is 13.6. The molecule has 3 heterocycles. The highest BCUT2D eigenvalue weighted by atomic mass is 127. The van der Waals surface area contributed by atoms with E-state index in [2.05, 4.69) is 44.5 Å². The summed E-state index contributed by atoms with van der Waals surface area (Å²) in [6, 6.07) is 4.27. The first-order chi connectivity index (χ1) is 9.11. The minimum absolute atomic E-state index is 0.0848. The molecule has 5 nitrogen and oxygen atoms in total. The Hall–Kier alpha value is -0.600. The van der Waals surface area contributed by atoms with E-state index < -0.39 is 0 Å². The van der Waals surface area contributed by atoms with Crippen molar-refractivity contribution >= 4 is 45.5 Å². The summed E-state index contributed by atoms with van der Waals surface area (Å²) in [6.45, 7) is 2.28. The number of fused-ring (bicyclic) bond motifs is 1. The molecule has 0 radical (unpaired) electrons. The summed E-state index contributed by atoms with van der Waals surface area (Å²) in [5.74, 6) is 0.802. The predicted octanol–water partition coefficient (Wildman–Crippen LogP) is 2.15. The molecular weight excluding hydrogens is 379 g/mol. The Kier molecular flexibility index (Phi) is 3.57. The normalized spacial score (nSPS) is 27.4. The first-order valence-electron chi connectivity index (χ1n) is 6.16. The maximum atomic E-state index is 9.60. The summed E-state index contributed by atoms with van der Waals surface area (Å²) in [5.41, 5.74) is 0.917. The predicted molar refractivity (Wildman–Crippen MR) is 83.2 cm³/mol. The second kappa shape index (κ2) is 5.06. The fourth-order valence-corrected chi connectivity index (χ4v) is 3.78. The number of alkyl halides is 1. The number of nitrogens with zero attached hydrogens (tertiary/aromatic N) is 4. The number of halogens is 2. The molecule has 3 rings (SSSR count). The Balaban J connectivity index is 2.14. The van der Waals surface area contributed by atoms with Crippen LogP contribution in [0.3, 0.4) is 0 Å². The van der Waals surface area contributed by atoms with E-state index >= 15 is 0 Å². The van der Waals surface area contributed by atoms with Crippen molar-refractivity contribution < 1.29 is 5.11 Å². The Bertz CT molecular complexity index is 604. The van der Waals surface area contributed by atoms with E-state index in [1.165, 1.54) is 0 Å². The molecule has 7 heteroatoms. The van der Waals surface area contributed by atoms with Crippen LogP contribution in [0.2, 0.25) is 5.28 Å². The number of aromatic nitrogens is 3. The van der Waals surface area contributed by atoms with Gasteiger partial charge < -0.3 is 10.0 Å². The molecule has 1 aliphatic heterocycles. The van der Waals surface area contributed by atoms with Crippen molar-refractivity contribution in [3.63, 3.8) is 0 Å². The number of aliphatic hydroxyl groups is 1. The highest BCUT2D eigenvalue weighted by Crippen LogP contribution is 2.35. The van der Waals surface area contributed by atoms with Crippen LogP contribution in [-0.4, -0.2) is 42.3 Å². The standard InChI is InChI=1S/C12H14ClIN4O/c1-7-9(14)5-8(6-19)18(7)11-10-3-2-4-17(10)16-12(13)15-11/h2-4,7-9,19H,5-6H2,1H3/t7-,8+,9-/m1/s1. The van der Waals surface area contributed by atoms with Gasteiger partial charge in [-0.2, -0.15) is 4.98 Å². The van der Waals surface area contributed by atoms with Gasteiger partial charge in [0.15, 0.2) is 5.82 Å². The van der Waals surface area contributed by atoms with E-state index in [1.54, 1.807) is 4.52 Å². The van der Waals surface area contributed by atoms with Crippen LogP contribution in [0.1, 0.15) is 13.3 Å². The number of hydrogen-bond donors (Lipinski definition) is 1. The van der Waals surface area contributed by atoms with Crippen LogP contribution in [0, 0.1) is 0 Å².